The lowest BCUT2D eigenvalue weighted by atomic mass is 10.2. The molecule has 7 heteroatoms. The van der Waals surface area contributed by atoms with Crippen LogP contribution in [0.5, 0.6) is 0 Å². The van der Waals surface area contributed by atoms with Crippen LogP contribution >= 0.6 is 0 Å². The lowest BCUT2D eigenvalue weighted by Crippen LogP contribution is -2.39. The minimum Gasteiger partial charge on any atom is -0.451 e. The molecule has 0 N–H and O–H groups in total. The van der Waals surface area contributed by atoms with Crippen molar-refractivity contribution in [2.45, 2.75) is 19.6 Å². The summed E-state index contributed by atoms with van der Waals surface area (Å²) in [6.07, 6.45) is 2.33. The molecule has 2 aromatic rings. The summed E-state index contributed by atoms with van der Waals surface area (Å²) >= 11 is 0. The maximum Gasteiger partial charge on any atom is 0.326 e. The Kier molecular flexibility index (Phi) is 6.45. The standard InChI is InChI=1S/C18H22N4O3/c1-14(17(24)21(2)12-15-8-5-4-6-9-15)25-16(23)13-22(3)18-19-10-7-11-20-18/h4-11,14H,12-13H2,1-3H3/t14-/m1/s1. The van der Waals surface area contributed by atoms with Gasteiger partial charge in [0.05, 0.1) is 0 Å². The van der Waals surface area contributed by atoms with Crippen LogP contribution in [0.4, 0.5) is 5.95 Å². The van der Waals surface area contributed by atoms with Crippen molar-refractivity contribution in [3.05, 3.63) is 54.4 Å². The van der Waals surface area contributed by atoms with E-state index in [-0.39, 0.29) is 12.5 Å². The number of esters is 1. The van der Waals surface area contributed by atoms with Crippen LogP contribution in [-0.2, 0) is 20.9 Å². The number of rotatable bonds is 7. The molecule has 1 aromatic heterocycles. The lowest BCUT2D eigenvalue weighted by molar-refractivity contribution is -0.157. The van der Waals surface area contributed by atoms with E-state index in [0.29, 0.717) is 12.5 Å². The number of carbonyl (C=O) groups is 2. The van der Waals surface area contributed by atoms with Gasteiger partial charge in [0.2, 0.25) is 5.95 Å². The van der Waals surface area contributed by atoms with Crippen LogP contribution in [0.1, 0.15) is 12.5 Å². The minimum absolute atomic E-state index is 0.0377. The first-order chi connectivity index (χ1) is 12.0. The van der Waals surface area contributed by atoms with Gasteiger partial charge < -0.3 is 14.5 Å². The molecule has 132 valence electrons. The molecule has 1 heterocycles. The van der Waals surface area contributed by atoms with Crippen LogP contribution in [-0.4, -0.2) is 53.5 Å². The van der Waals surface area contributed by atoms with E-state index < -0.39 is 12.1 Å². The fraction of sp³-hybridized carbons (Fsp3) is 0.333. The first kappa shape index (κ1) is 18.4. The average Bonchev–Trinajstić information content (AvgIpc) is 2.62. The number of hydrogen-bond donors (Lipinski definition) is 0. The number of ether oxygens (including phenoxy) is 1. The number of anilines is 1. The van der Waals surface area contributed by atoms with Crippen LogP contribution in [0.15, 0.2) is 48.8 Å². The monoisotopic (exact) mass is 342 g/mol. The SMILES string of the molecule is C[C@@H](OC(=O)CN(C)c1ncccn1)C(=O)N(C)Cc1ccccc1. The maximum atomic E-state index is 12.3. The van der Waals surface area contributed by atoms with Gasteiger partial charge in [-0.3, -0.25) is 9.59 Å². The van der Waals surface area contributed by atoms with Gasteiger partial charge in [-0.2, -0.15) is 0 Å². The molecule has 25 heavy (non-hydrogen) atoms. The number of aromatic nitrogens is 2. The summed E-state index contributed by atoms with van der Waals surface area (Å²) in [5.74, 6) is -0.348. The normalized spacial score (nSPS) is 11.5. The highest BCUT2D eigenvalue weighted by Crippen LogP contribution is 2.07. The number of amides is 1. The molecule has 0 aliphatic heterocycles. The lowest BCUT2D eigenvalue weighted by Gasteiger charge is -2.22. The Morgan fingerprint density at radius 1 is 1.08 bits per heavy atom. The fourth-order valence-electron chi connectivity index (χ4n) is 2.28. The molecule has 0 saturated heterocycles. The minimum atomic E-state index is -0.855. The summed E-state index contributed by atoms with van der Waals surface area (Å²) < 4.78 is 5.24. The molecule has 0 radical (unpaired) electrons. The second-order valence-electron chi connectivity index (χ2n) is 5.72. The molecule has 2 rings (SSSR count). The summed E-state index contributed by atoms with van der Waals surface area (Å²) in [7, 11) is 3.37. The molecular formula is C18H22N4O3. The Hall–Kier alpha value is -2.96. The van der Waals surface area contributed by atoms with Crippen molar-refractivity contribution >= 4 is 17.8 Å². The Labute approximate surface area is 147 Å². The summed E-state index contributed by atoms with van der Waals surface area (Å²) in [6, 6.07) is 11.3. The molecule has 0 aliphatic rings. The van der Waals surface area contributed by atoms with E-state index in [4.69, 9.17) is 4.74 Å². The molecule has 1 amide bonds. The van der Waals surface area contributed by atoms with Gasteiger partial charge in [-0.05, 0) is 18.6 Å². The quantitative estimate of drug-likeness (QED) is 0.710. The van der Waals surface area contributed by atoms with Crippen molar-refractivity contribution in [1.82, 2.24) is 14.9 Å². The van der Waals surface area contributed by atoms with Gasteiger partial charge in [-0.25, -0.2) is 9.97 Å². The third-order valence-electron chi connectivity index (χ3n) is 3.55. The molecule has 0 unspecified atom stereocenters. The predicted octanol–water partition coefficient (Wildman–Crippen LogP) is 1.50. The van der Waals surface area contributed by atoms with E-state index >= 15 is 0 Å². The van der Waals surface area contributed by atoms with Crippen molar-refractivity contribution < 1.29 is 14.3 Å². The first-order valence-corrected chi connectivity index (χ1v) is 7.94. The number of carbonyl (C=O) groups excluding carboxylic acids is 2. The van der Waals surface area contributed by atoms with Gasteiger partial charge in [0.1, 0.15) is 6.54 Å². The van der Waals surface area contributed by atoms with Crippen LogP contribution in [0.3, 0.4) is 0 Å². The van der Waals surface area contributed by atoms with Gasteiger partial charge >= 0.3 is 5.97 Å². The summed E-state index contributed by atoms with van der Waals surface area (Å²) in [4.78, 5) is 35.6. The summed E-state index contributed by atoms with van der Waals surface area (Å²) in [5, 5.41) is 0. The maximum absolute atomic E-state index is 12.3. The van der Waals surface area contributed by atoms with Gasteiger partial charge in [-0.15, -0.1) is 0 Å². The van der Waals surface area contributed by atoms with Crippen molar-refractivity contribution in [3.63, 3.8) is 0 Å². The van der Waals surface area contributed by atoms with Crippen molar-refractivity contribution in [2.24, 2.45) is 0 Å². The number of hydrogen-bond acceptors (Lipinski definition) is 6. The zero-order chi connectivity index (χ0) is 18.2. The fourth-order valence-corrected chi connectivity index (χ4v) is 2.28. The van der Waals surface area contributed by atoms with E-state index in [0.717, 1.165) is 5.56 Å². The Balaban J connectivity index is 1.84. The molecule has 0 spiro atoms. The van der Waals surface area contributed by atoms with Crippen LogP contribution in [0.25, 0.3) is 0 Å². The Morgan fingerprint density at radius 2 is 1.72 bits per heavy atom. The summed E-state index contributed by atoms with van der Waals surface area (Å²) in [6.45, 7) is 1.99. The molecule has 0 fully saturated rings. The van der Waals surface area contributed by atoms with E-state index in [1.54, 1.807) is 44.4 Å². The van der Waals surface area contributed by atoms with Gasteiger partial charge in [0, 0.05) is 33.0 Å². The van der Waals surface area contributed by atoms with Crippen LogP contribution < -0.4 is 4.90 Å². The van der Waals surface area contributed by atoms with E-state index in [9.17, 15) is 9.59 Å². The van der Waals surface area contributed by atoms with Crippen molar-refractivity contribution in [3.8, 4) is 0 Å². The van der Waals surface area contributed by atoms with E-state index in [2.05, 4.69) is 9.97 Å². The highest BCUT2D eigenvalue weighted by molar-refractivity contribution is 5.84. The van der Waals surface area contributed by atoms with Gasteiger partial charge in [0.25, 0.3) is 5.91 Å². The van der Waals surface area contributed by atoms with Gasteiger partial charge in [0.15, 0.2) is 6.10 Å². The number of nitrogens with zero attached hydrogens (tertiary/aromatic N) is 4. The zero-order valence-corrected chi connectivity index (χ0v) is 14.6. The van der Waals surface area contributed by atoms with Crippen LogP contribution in [0.2, 0.25) is 0 Å². The molecule has 1 aromatic carbocycles. The van der Waals surface area contributed by atoms with E-state index in [1.807, 2.05) is 30.3 Å². The Morgan fingerprint density at radius 3 is 2.36 bits per heavy atom. The van der Waals surface area contributed by atoms with Crippen LogP contribution in [0, 0.1) is 0 Å². The zero-order valence-electron chi connectivity index (χ0n) is 14.6. The average molecular weight is 342 g/mol. The van der Waals surface area contributed by atoms with E-state index in [1.165, 1.54) is 4.90 Å². The highest BCUT2D eigenvalue weighted by Gasteiger charge is 2.22. The third kappa shape index (κ3) is 5.56. The smallest absolute Gasteiger partial charge is 0.326 e. The molecule has 0 bridgehead atoms. The second-order valence-corrected chi connectivity index (χ2v) is 5.72. The molecule has 0 aliphatic carbocycles. The molecular weight excluding hydrogens is 320 g/mol. The van der Waals surface area contributed by atoms with Crippen molar-refractivity contribution in [1.29, 1.82) is 0 Å². The topological polar surface area (TPSA) is 75.6 Å². The first-order valence-electron chi connectivity index (χ1n) is 7.94. The summed E-state index contributed by atoms with van der Waals surface area (Å²) in [5.41, 5.74) is 1.01. The molecule has 0 saturated carbocycles. The highest BCUT2D eigenvalue weighted by atomic mass is 16.5. The van der Waals surface area contributed by atoms with Crippen molar-refractivity contribution in [2.75, 3.05) is 25.5 Å². The Bertz CT molecular complexity index is 694. The second kappa shape index (κ2) is 8.77. The molecule has 7 nitrogen and oxygen atoms in total. The predicted molar refractivity (Wildman–Crippen MR) is 93.8 cm³/mol. The molecule has 1 atom stereocenters. The van der Waals surface area contributed by atoms with Gasteiger partial charge in [-0.1, -0.05) is 30.3 Å². The third-order valence-corrected chi connectivity index (χ3v) is 3.55. The largest absolute Gasteiger partial charge is 0.451 e. The number of benzene rings is 1. The number of likely N-dealkylation sites (N-methyl/N-ethyl adjacent to an activating group) is 2.